The third kappa shape index (κ3) is 5.48. The van der Waals surface area contributed by atoms with E-state index in [4.69, 9.17) is 10.5 Å². The first kappa shape index (κ1) is 23.5. The van der Waals surface area contributed by atoms with Crippen LogP contribution in [0.3, 0.4) is 0 Å². The minimum Gasteiger partial charge on any atom is -0.488 e. The van der Waals surface area contributed by atoms with Gasteiger partial charge in [-0.15, -0.1) is 12.4 Å². The molecule has 0 bridgehead atoms. The van der Waals surface area contributed by atoms with Crippen LogP contribution in [0, 0.1) is 15.9 Å². The summed E-state index contributed by atoms with van der Waals surface area (Å²) in [7, 11) is -2.98. The largest absolute Gasteiger partial charge is 0.488 e. The number of hydrogen-bond donors (Lipinski definition) is 1. The van der Waals surface area contributed by atoms with Crippen molar-refractivity contribution in [1.29, 1.82) is 0 Å². The van der Waals surface area contributed by atoms with Gasteiger partial charge in [0.2, 0.25) is 15.8 Å². The molecule has 0 saturated carbocycles. The maximum atomic E-state index is 14.1. The Morgan fingerprint density at radius 2 is 2.00 bits per heavy atom. The molecule has 1 aliphatic rings. The van der Waals surface area contributed by atoms with Crippen LogP contribution in [-0.4, -0.2) is 57.1 Å². The molecule has 1 aromatic carbocycles. The van der Waals surface area contributed by atoms with Crippen molar-refractivity contribution >= 4 is 28.1 Å². The van der Waals surface area contributed by atoms with Gasteiger partial charge in [0.1, 0.15) is 0 Å². The molecule has 2 N–H and O–H groups in total. The van der Waals surface area contributed by atoms with Gasteiger partial charge in [0.15, 0.2) is 5.82 Å². The highest BCUT2D eigenvalue weighted by atomic mass is 35.5. The topological polar surface area (TPSA) is 125 Å². The number of piperidine rings is 1. The fourth-order valence-electron chi connectivity index (χ4n) is 2.76. The number of rotatable bonds is 8. The molecule has 0 aromatic heterocycles. The lowest BCUT2D eigenvalue weighted by molar-refractivity contribution is -0.386. The Morgan fingerprint density at radius 3 is 2.52 bits per heavy atom. The zero-order chi connectivity index (χ0) is 19.3. The molecule has 0 aliphatic carbocycles. The molecular weight excluding hydrogens is 405 g/mol. The first-order valence-corrected chi connectivity index (χ1v) is 9.59. The maximum absolute atomic E-state index is 14.1. The van der Waals surface area contributed by atoms with Crippen molar-refractivity contribution in [2.45, 2.75) is 30.3 Å². The molecule has 0 radical (unpaired) electrons. The highest BCUT2D eigenvalue weighted by molar-refractivity contribution is 7.89. The minimum atomic E-state index is -4.06. The second-order valence-electron chi connectivity index (χ2n) is 5.83. The van der Waals surface area contributed by atoms with Gasteiger partial charge in [-0.1, -0.05) is 0 Å². The SMILES string of the molecule is COc1c(F)cc(S(=O)(=O)N2CCC(OCCCN)CC2)cc1[N+](=O)[O-].Cl. The lowest BCUT2D eigenvalue weighted by Gasteiger charge is -2.31. The van der Waals surface area contributed by atoms with E-state index in [0.29, 0.717) is 26.0 Å². The van der Waals surface area contributed by atoms with Crippen molar-refractivity contribution in [2.75, 3.05) is 33.4 Å². The van der Waals surface area contributed by atoms with Crippen LogP contribution in [0.1, 0.15) is 19.3 Å². The summed E-state index contributed by atoms with van der Waals surface area (Å²) in [6.07, 6.45) is 1.65. The molecule has 1 aromatic rings. The van der Waals surface area contributed by atoms with Crippen LogP contribution < -0.4 is 10.5 Å². The van der Waals surface area contributed by atoms with E-state index >= 15 is 0 Å². The van der Waals surface area contributed by atoms with Crippen molar-refractivity contribution in [2.24, 2.45) is 5.73 Å². The summed E-state index contributed by atoms with van der Waals surface area (Å²) in [5.41, 5.74) is 4.67. The predicted octanol–water partition coefficient (Wildman–Crippen LogP) is 1.68. The van der Waals surface area contributed by atoms with Gasteiger partial charge in [-0.3, -0.25) is 10.1 Å². The van der Waals surface area contributed by atoms with E-state index in [0.717, 1.165) is 25.7 Å². The van der Waals surface area contributed by atoms with Crippen LogP contribution in [0.2, 0.25) is 0 Å². The Bertz CT molecular complexity index is 756. The lowest BCUT2D eigenvalue weighted by Crippen LogP contribution is -2.41. The molecule has 27 heavy (non-hydrogen) atoms. The van der Waals surface area contributed by atoms with Crippen LogP contribution in [0.5, 0.6) is 5.75 Å². The summed E-state index contributed by atoms with van der Waals surface area (Å²) in [4.78, 5) is 9.74. The number of halogens is 2. The summed E-state index contributed by atoms with van der Waals surface area (Å²) < 4.78 is 51.0. The van der Waals surface area contributed by atoms with E-state index in [9.17, 15) is 22.9 Å². The Morgan fingerprint density at radius 1 is 1.37 bits per heavy atom. The first-order valence-electron chi connectivity index (χ1n) is 8.15. The third-order valence-electron chi connectivity index (χ3n) is 4.14. The fraction of sp³-hybridized carbons (Fsp3) is 0.600. The van der Waals surface area contributed by atoms with Crippen LogP contribution in [-0.2, 0) is 14.8 Å². The Labute approximate surface area is 163 Å². The average molecular weight is 428 g/mol. The van der Waals surface area contributed by atoms with Gasteiger partial charge in [-0.25, -0.2) is 12.8 Å². The highest BCUT2D eigenvalue weighted by Crippen LogP contribution is 2.34. The van der Waals surface area contributed by atoms with Gasteiger partial charge in [0.25, 0.3) is 0 Å². The predicted molar refractivity (Wildman–Crippen MR) is 98.3 cm³/mol. The summed E-state index contributed by atoms with van der Waals surface area (Å²) in [6.45, 7) is 1.42. The second kappa shape index (κ2) is 10.1. The van der Waals surface area contributed by atoms with E-state index in [1.165, 1.54) is 4.31 Å². The van der Waals surface area contributed by atoms with Gasteiger partial charge in [0, 0.05) is 25.8 Å². The monoisotopic (exact) mass is 427 g/mol. The van der Waals surface area contributed by atoms with E-state index in [1.54, 1.807) is 0 Å². The standard InChI is InChI=1S/C15H22FN3O6S.ClH/c1-24-15-13(16)9-12(10-14(15)19(20)21)26(22,23)18-6-3-11(4-7-18)25-8-2-5-17;/h9-11H,2-8,17H2,1H3;1H. The molecule has 1 saturated heterocycles. The zero-order valence-electron chi connectivity index (χ0n) is 14.8. The normalized spacial score (nSPS) is 16.0. The lowest BCUT2D eigenvalue weighted by atomic mass is 10.1. The van der Waals surface area contributed by atoms with E-state index in [2.05, 4.69) is 4.74 Å². The van der Waals surface area contributed by atoms with Crippen molar-refractivity contribution in [3.8, 4) is 5.75 Å². The molecule has 0 atom stereocenters. The van der Waals surface area contributed by atoms with Crippen LogP contribution >= 0.6 is 12.4 Å². The minimum absolute atomic E-state index is 0. The molecule has 1 heterocycles. The van der Waals surface area contributed by atoms with Gasteiger partial charge in [-0.2, -0.15) is 4.31 Å². The summed E-state index contributed by atoms with van der Waals surface area (Å²) in [5, 5.41) is 11.1. The smallest absolute Gasteiger partial charge is 0.315 e. The number of nitro benzene ring substituents is 1. The molecule has 12 heteroatoms. The average Bonchev–Trinajstić information content (AvgIpc) is 2.61. The number of nitrogens with zero attached hydrogens (tertiary/aromatic N) is 2. The van der Waals surface area contributed by atoms with Gasteiger partial charge < -0.3 is 15.2 Å². The van der Waals surface area contributed by atoms with Crippen LogP contribution in [0.4, 0.5) is 10.1 Å². The Kier molecular flexibility index (Phi) is 8.82. The molecule has 1 aliphatic heterocycles. The summed E-state index contributed by atoms with van der Waals surface area (Å²) in [5.74, 6) is -1.69. The highest BCUT2D eigenvalue weighted by Gasteiger charge is 2.33. The van der Waals surface area contributed by atoms with E-state index in [1.807, 2.05) is 0 Å². The second-order valence-corrected chi connectivity index (χ2v) is 7.77. The first-order chi connectivity index (χ1) is 12.3. The van der Waals surface area contributed by atoms with Crippen molar-refractivity contribution < 1.29 is 27.2 Å². The van der Waals surface area contributed by atoms with Crippen molar-refractivity contribution in [1.82, 2.24) is 4.31 Å². The number of hydrogen-bond acceptors (Lipinski definition) is 7. The molecule has 0 amide bonds. The van der Waals surface area contributed by atoms with E-state index in [-0.39, 0.29) is 31.6 Å². The molecule has 154 valence electrons. The van der Waals surface area contributed by atoms with Gasteiger partial charge >= 0.3 is 5.69 Å². The Balaban J connectivity index is 0.00000364. The van der Waals surface area contributed by atoms with Gasteiger partial charge in [-0.05, 0) is 31.9 Å². The number of sulfonamides is 1. The molecule has 0 spiro atoms. The zero-order valence-corrected chi connectivity index (χ0v) is 16.4. The number of nitrogens with two attached hydrogens (primary N) is 1. The molecule has 0 unspecified atom stereocenters. The number of nitro groups is 1. The molecule has 1 fully saturated rings. The molecule has 9 nitrogen and oxygen atoms in total. The number of methoxy groups -OCH3 is 1. The fourth-order valence-corrected chi connectivity index (χ4v) is 4.27. The van der Waals surface area contributed by atoms with Crippen molar-refractivity contribution in [3.63, 3.8) is 0 Å². The summed E-state index contributed by atoms with van der Waals surface area (Å²) >= 11 is 0. The number of benzene rings is 1. The maximum Gasteiger partial charge on any atom is 0.315 e. The van der Waals surface area contributed by atoms with Crippen molar-refractivity contribution in [3.05, 3.63) is 28.1 Å². The van der Waals surface area contributed by atoms with Crippen LogP contribution in [0.25, 0.3) is 0 Å². The molecular formula is C15H23ClFN3O6S. The number of ether oxygens (including phenoxy) is 2. The molecule has 2 rings (SSSR count). The summed E-state index contributed by atoms with van der Waals surface area (Å²) in [6, 6.07) is 1.56. The van der Waals surface area contributed by atoms with E-state index < -0.39 is 37.1 Å². The Hall–Kier alpha value is -1.53. The third-order valence-corrected chi connectivity index (χ3v) is 6.02. The van der Waals surface area contributed by atoms with Gasteiger partial charge in [0.05, 0.1) is 23.0 Å². The quantitative estimate of drug-likeness (QED) is 0.380. The van der Waals surface area contributed by atoms with Crippen LogP contribution in [0.15, 0.2) is 17.0 Å².